The van der Waals surface area contributed by atoms with Gasteiger partial charge in [-0.3, -0.25) is 9.59 Å². The second-order valence-electron chi connectivity index (χ2n) is 8.64. The molecule has 4 aromatic rings. The molecule has 0 fully saturated rings. The molecule has 0 spiro atoms. The highest BCUT2D eigenvalue weighted by Gasteiger charge is 2.15. The van der Waals surface area contributed by atoms with E-state index in [1.54, 1.807) is 31.4 Å². The molecule has 5 nitrogen and oxygen atoms in total. The number of hydrogen-bond donors (Lipinski definition) is 0. The normalized spacial score (nSPS) is 11.0. The molecule has 0 radical (unpaired) electrons. The summed E-state index contributed by atoms with van der Waals surface area (Å²) >= 11 is 0. The first-order valence-corrected chi connectivity index (χ1v) is 11.9. The fourth-order valence-electron chi connectivity index (χ4n) is 4.16. The van der Waals surface area contributed by atoms with Gasteiger partial charge in [-0.2, -0.15) is 0 Å². The van der Waals surface area contributed by atoms with E-state index in [9.17, 15) is 9.59 Å². The summed E-state index contributed by atoms with van der Waals surface area (Å²) < 4.78 is 17.2. The molecule has 0 aliphatic heterocycles. The predicted octanol–water partition coefficient (Wildman–Crippen LogP) is 6.86. The standard InChI is InChI=1S/C30H30O5/c1-5-21-8-7-9-24(12-21)27-14-22(13-26-19(3)17-35-30(26)27)18-34-28-15-23(20(4)31)10-11-25(28)16-29(32)33-6-2/h7-15,17H,5-6,16,18H2,1-4H3. The van der Waals surface area contributed by atoms with Gasteiger partial charge in [0.15, 0.2) is 5.78 Å². The van der Waals surface area contributed by atoms with E-state index in [-0.39, 0.29) is 24.8 Å². The van der Waals surface area contributed by atoms with Gasteiger partial charge in [0.1, 0.15) is 17.9 Å². The largest absolute Gasteiger partial charge is 0.489 e. The van der Waals surface area contributed by atoms with Crippen LogP contribution < -0.4 is 4.74 Å². The van der Waals surface area contributed by atoms with Gasteiger partial charge in [-0.25, -0.2) is 0 Å². The van der Waals surface area contributed by atoms with Gasteiger partial charge in [-0.15, -0.1) is 0 Å². The Hall–Kier alpha value is -3.86. The Labute approximate surface area is 205 Å². The molecule has 4 rings (SSSR count). The van der Waals surface area contributed by atoms with Crippen molar-refractivity contribution in [2.24, 2.45) is 0 Å². The number of benzene rings is 3. The first kappa shape index (κ1) is 24.3. The lowest BCUT2D eigenvalue weighted by Gasteiger charge is -2.14. The maximum absolute atomic E-state index is 12.1. The lowest BCUT2D eigenvalue weighted by molar-refractivity contribution is -0.142. The first-order valence-electron chi connectivity index (χ1n) is 11.9. The third-order valence-electron chi connectivity index (χ3n) is 6.08. The van der Waals surface area contributed by atoms with E-state index in [0.717, 1.165) is 39.6 Å². The summed E-state index contributed by atoms with van der Waals surface area (Å²) in [5.41, 5.74) is 7.44. The summed E-state index contributed by atoms with van der Waals surface area (Å²) in [4.78, 5) is 24.1. The third kappa shape index (κ3) is 5.46. The second-order valence-corrected chi connectivity index (χ2v) is 8.64. The zero-order valence-electron chi connectivity index (χ0n) is 20.6. The van der Waals surface area contributed by atoms with Crippen LogP contribution >= 0.6 is 0 Å². The second kappa shape index (κ2) is 10.6. The van der Waals surface area contributed by atoms with E-state index in [2.05, 4.69) is 43.3 Å². The molecule has 180 valence electrons. The summed E-state index contributed by atoms with van der Waals surface area (Å²) in [6, 6.07) is 17.8. The molecule has 0 saturated carbocycles. The van der Waals surface area contributed by atoms with Crippen molar-refractivity contribution in [1.29, 1.82) is 0 Å². The third-order valence-corrected chi connectivity index (χ3v) is 6.08. The fourth-order valence-corrected chi connectivity index (χ4v) is 4.16. The van der Waals surface area contributed by atoms with Crippen LogP contribution in [0.1, 0.15) is 53.4 Å². The Bertz CT molecular complexity index is 1380. The molecular formula is C30H30O5. The highest BCUT2D eigenvalue weighted by Crippen LogP contribution is 2.34. The number of hydrogen-bond acceptors (Lipinski definition) is 5. The first-order chi connectivity index (χ1) is 16.9. The Morgan fingerprint density at radius 2 is 1.80 bits per heavy atom. The number of rotatable bonds is 9. The molecule has 0 N–H and O–H groups in total. The van der Waals surface area contributed by atoms with Crippen molar-refractivity contribution >= 4 is 22.7 Å². The van der Waals surface area contributed by atoms with Crippen LogP contribution in [-0.4, -0.2) is 18.4 Å². The van der Waals surface area contributed by atoms with E-state index >= 15 is 0 Å². The van der Waals surface area contributed by atoms with E-state index in [0.29, 0.717) is 23.5 Å². The Balaban J connectivity index is 1.70. The molecule has 1 aromatic heterocycles. The minimum absolute atomic E-state index is 0.0638. The molecule has 0 atom stereocenters. The molecule has 0 bridgehead atoms. The van der Waals surface area contributed by atoms with Crippen LogP contribution in [0.2, 0.25) is 0 Å². The zero-order valence-corrected chi connectivity index (χ0v) is 20.6. The molecule has 5 heteroatoms. The summed E-state index contributed by atoms with van der Waals surface area (Å²) in [6.45, 7) is 8.03. The molecule has 1 heterocycles. The number of fused-ring (bicyclic) bond motifs is 1. The molecule has 0 saturated heterocycles. The van der Waals surface area contributed by atoms with Crippen molar-refractivity contribution in [3.05, 3.63) is 88.7 Å². The van der Waals surface area contributed by atoms with E-state index < -0.39 is 0 Å². The number of carbonyl (C=O) groups excluding carboxylic acids is 2. The smallest absolute Gasteiger partial charge is 0.310 e. The lowest BCUT2D eigenvalue weighted by atomic mass is 9.97. The summed E-state index contributed by atoms with van der Waals surface area (Å²) in [5, 5.41) is 1.03. The van der Waals surface area contributed by atoms with Gasteiger partial charge in [0, 0.05) is 22.1 Å². The minimum atomic E-state index is -0.332. The zero-order chi connectivity index (χ0) is 24.9. The van der Waals surface area contributed by atoms with Crippen LogP contribution in [0.3, 0.4) is 0 Å². The number of ketones is 1. The van der Waals surface area contributed by atoms with Gasteiger partial charge in [-0.05, 0) is 67.6 Å². The van der Waals surface area contributed by atoms with Gasteiger partial charge in [0.25, 0.3) is 0 Å². The molecule has 0 aliphatic carbocycles. The number of esters is 1. The number of carbonyl (C=O) groups is 2. The van der Waals surface area contributed by atoms with Gasteiger partial charge in [0.05, 0.1) is 19.3 Å². The molecule has 0 aliphatic rings. The van der Waals surface area contributed by atoms with Crippen molar-refractivity contribution in [2.75, 3.05) is 6.61 Å². The van der Waals surface area contributed by atoms with Crippen LogP contribution in [0, 0.1) is 6.92 Å². The van der Waals surface area contributed by atoms with E-state index in [1.165, 1.54) is 12.5 Å². The number of ether oxygens (including phenoxy) is 2. The van der Waals surface area contributed by atoms with Crippen molar-refractivity contribution in [3.63, 3.8) is 0 Å². The topological polar surface area (TPSA) is 65.7 Å². The Morgan fingerprint density at radius 1 is 0.971 bits per heavy atom. The summed E-state index contributed by atoms with van der Waals surface area (Å²) in [6.07, 6.45) is 2.80. The number of Topliss-reactive ketones (excluding diaryl/α,β-unsaturated/α-hetero) is 1. The highest BCUT2D eigenvalue weighted by molar-refractivity contribution is 5.95. The Kier molecular flexibility index (Phi) is 7.35. The van der Waals surface area contributed by atoms with Crippen LogP contribution in [-0.2, 0) is 29.0 Å². The predicted molar refractivity (Wildman–Crippen MR) is 137 cm³/mol. The molecule has 3 aromatic carbocycles. The number of aryl methyl sites for hydroxylation is 2. The van der Waals surface area contributed by atoms with Crippen LogP contribution in [0.25, 0.3) is 22.1 Å². The van der Waals surface area contributed by atoms with E-state index in [1.807, 2.05) is 6.92 Å². The van der Waals surface area contributed by atoms with Crippen molar-refractivity contribution in [1.82, 2.24) is 0 Å². The molecule has 0 unspecified atom stereocenters. The van der Waals surface area contributed by atoms with Gasteiger partial charge >= 0.3 is 5.97 Å². The van der Waals surface area contributed by atoms with Gasteiger partial charge in [0.2, 0.25) is 0 Å². The minimum Gasteiger partial charge on any atom is -0.489 e. The monoisotopic (exact) mass is 470 g/mol. The quantitative estimate of drug-likeness (QED) is 0.197. The fraction of sp³-hybridized carbons (Fsp3) is 0.267. The van der Waals surface area contributed by atoms with Crippen molar-refractivity contribution in [3.8, 4) is 16.9 Å². The number of furan rings is 1. The average molecular weight is 471 g/mol. The summed E-state index contributed by atoms with van der Waals surface area (Å²) in [5.74, 6) is 0.108. The SMILES string of the molecule is CCOC(=O)Cc1ccc(C(C)=O)cc1OCc1cc(-c2cccc(CC)c2)c2occ(C)c2c1. The maximum Gasteiger partial charge on any atom is 0.310 e. The van der Waals surface area contributed by atoms with E-state index in [4.69, 9.17) is 13.9 Å². The molecular weight excluding hydrogens is 440 g/mol. The van der Waals surface area contributed by atoms with Crippen LogP contribution in [0.5, 0.6) is 5.75 Å². The van der Waals surface area contributed by atoms with Gasteiger partial charge in [-0.1, -0.05) is 43.3 Å². The lowest BCUT2D eigenvalue weighted by Crippen LogP contribution is -2.10. The van der Waals surface area contributed by atoms with Gasteiger partial charge < -0.3 is 13.9 Å². The average Bonchev–Trinajstić information content (AvgIpc) is 3.23. The van der Waals surface area contributed by atoms with Crippen molar-refractivity contribution < 1.29 is 23.5 Å². The highest BCUT2D eigenvalue weighted by atomic mass is 16.5. The maximum atomic E-state index is 12.1. The molecule has 35 heavy (non-hydrogen) atoms. The molecule has 0 amide bonds. The Morgan fingerprint density at radius 3 is 2.54 bits per heavy atom. The van der Waals surface area contributed by atoms with Crippen molar-refractivity contribution in [2.45, 2.75) is 47.1 Å². The van der Waals surface area contributed by atoms with Crippen LogP contribution in [0.15, 0.2) is 65.3 Å². The van der Waals surface area contributed by atoms with Crippen LogP contribution in [0.4, 0.5) is 0 Å². The summed E-state index contributed by atoms with van der Waals surface area (Å²) in [7, 11) is 0.